The van der Waals surface area contributed by atoms with Gasteiger partial charge in [0.1, 0.15) is 11.2 Å². The largest absolute Gasteiger partial charge is 0.455 e. The molecule has 2 heteroatoms. The van der Waals surface area contributed by atoms with Gasteiger partial charge in [-0.1, -0.05) is 194 Å². The number of anilines is 3. The summed E-state index contributed by atoms with van der Waals surface area (Å²) >= 11 is 0. The van der Waals surface area contributed by atoms with Crippen LogP contribution < -0.4 is 4.90 Å². The van der Waals surface area contributed by atoms with Gasteiger partial charge in [-0.15, -0.1) is 0 Å². The fourth-order valence-electron chi connectivity index (χ4n) is 9.35. The molecule has 0 saturated carbocycles. The van der Waals surface area contributed by atoms with Crippen molar-refractivity contribution in [1.29, 1.82) is 0 Å². The van der Waals surface area contributed by atoms with Crippen molar-refractivity contribution in [3.05, 3.63) is 249 Å². The van der Waals surface area contributed by atoms with E-state index in [2.05, 4.69) is 248 Å². The number of fused-ring (bicyclic) bond motifs is 6. The lowest BCUT2D eigenvalue weighted by Crippen LogP contribution is -2.09. The van der Waals surface area contributed by atoms with E-state index < -0.39 is 0 Å². The molecule has 0 bridgehead atoms. The fourth-order valence-corrected chi connectivity index (χ4v) is 9.35. The van der Waals surface area contributed by atoms with Crippen LogP contribution in [-0.4, -0.2) is 0 Å². The summed E-state index contributed by atoms with van der Waals surface area (Å²) < 4.78 is 6.50. The molecule has 64 heavy (non-hydrogen) atoms. The molecule has 0 spiro atoms. The van der Waals surface area contributed by atoms with Crippen molar-refractivity contribution in [2.24, 2.45) is 0 Å². The molecular formula is C62H41NO. The summed E-state index contributed by atoms with van der Waals surface area (Å²) in [6.45, 7) is 0. The van der Waals surface area contributed by atoms with Crippen LogP contribution in [0.2, 0.25) is 0 Å². The highest BCUT2D eigenvalue weighted by molar-refractivity contribution is 6.11. The predicted molar refractivity (Wildman–Crippen MR) is 271 cm³/mol. The van der Waals surface area contributed by atoms with Gasteiger partial charge in [0.2, 0.25) is 0 Å². The third kappa shape index (κ3) is 6.79. The Morgan fingerprint density at radius 2 is 0.656 bits per heavy atom. The zero-order valence-corrected chi connectivity index (χ0v) is 35.0. The van der Waals surface area contributed by atoms with Gasteiger partial charge in [-0.2, -0.15) is 0 Å². The van der Waals surface area contributed by atoms with Gasteiger partial charge in [0.05, 0.1) is 0 Å². The molecule has 1 aromatic heterocycles. The van der Waals surface area contributed by atoms with Crippen molar-refractivity contribution < 1.29 is 4.42 Å². The van der Waals surface area contributed by atoms with Crippen LogP contribution >= 0.6 is 0 Å². The monoisotopic (exact) mass is 815 g/mol. The summed E-state index contributed by atoms with van der Waals surface area (Å²) in [5, 5.41) is 7.29. The maximum Gasteiger partial charge on any atom is 0.143 e. The maximum atomic E-state index is 6.50. The highest BCUT2D eigenvalue weighted by Gasteiger charge is 2.16. The first kappa shape index (κ1) is 37.3. The van der Waals surface area contributed by atoms with E-state index in [1.807, 2.05) is 6.07 Å². The Labute approximate surface area is 372 Å². The maximum absolute atomic E-state index is 6.50. The average molecular weight is 816 g/mol. The number of hydrogen-bond donors (Lipinski definition) is 0. The fraction of sp³-hybridized carbons (Fsp3) is 0. The van der Waals surface area contributed by atoms with Gasteiger partial charge < -0.3 is 9.32 Å². The van der Waals surface area contributed by atoms with Crippen LogP contribution in [0.5, 0.6) is 0 Å². The summed E-state index contributed by atoms with van der Waals surface area (Å²) in [6.07, 6.45) is 0. The van der Waals surface area contributed by atoms with Crippen molar-refractivity contribution in [1.82, 2.24) is 0 Å². The standard InChI is InChI=1S/C62H41NO/c1-3-10-42(11-4-1)43-18-20-44(21-19-43)45-26-33-53(34-27-45)63(54-35-28-46(29-36-54)51-25-24-50-23-22-49-14-7-8-15-56(49)59(50)40-51)55-37-30-47(31-38-55)52-32-39-61-60(41-52)58-17-9-16-57(62(58)64-61)48-12-5-2-6-13-48/h1-41H. The van der Waals surface area contributed by atoms with Gasteiger partial charge in [0.25, 0.3) is 0 Å². The number of hydrogen-bond acceptors (Lipinski definition) is 2. The van der Waals surface area contributed by atoms with E-state index in [0.717, 1.165) is 61.3 Å². The molecular weight excluding hydrogens is 775 g/mol. The normalized spacial score (nSPS) is 11.4. The number of nitrogens with zero attached hydrogens (tertiary/aromatic N) is 1. The minimum absolute atomic E-state index is 0.890. The number of furan rings is 1. The van der Waals surface area contributed by atoms with E-state index in [-0.39, 0.29) is 0 Å². The van der Waals surface area contributed by atoms with E-state index in [9.17, 15) is 0 Å². The van der Waals surface area contributed by atoms with E-state index in [1.165, 1.54) is 54.9 Å². The van der Waals surface area contributed by atoms with Crippen LogP contribution in [-0.2, 0) is 0 Å². The summed E-state index contributed by atoms with van der Waals surface area (Å²) in [4.78, 5) is 2.35. The van der Waals surface area contributed by atoms with Crippen molar-refractivity contribution in [2.75, 3.05) is 4.90 Å². The van der Waals surface area contributed by atoms with E-state index in [1.54, 1.807) is 0 Å². The Morgan fingerprint density at radius 3 is 1.25 bits per heavy atom. The average Bonchev–Trinajstić information content (AvgIpc) is 3.76. The summed E-state index contributed by atoms with van der Waals surface area (Å²) in [5.74, 6) is 0. The third-order valence-electron chi connectivity index (χ3n) is 12.7. The zero-order valence-electron chi connectivity index (χ0n) is 35.0. The van der Waals surface area contributed by atoms with Gasteiger partial charge in [-0.3, -0.25) is 0 Å². The lowest BCUT2D eigenvalue weighted by Gasteiger charge is -2.26. The Bertz CT molecular complexity index is 3610. The summed E-state index contributed by atoms with van der Waals surface area (Å²) in [5.41, 5.74) is 16.8. The molecule has 12 aromatic rings. The zero-order chi connectivity index (χ0) is 42.4. The minimum atomic E-state index is 0.890. The van der Waals surface area contributed by atoms with Crippen molar-refractivity contribution in [2.45, 2.75) is 0 Å². The smallest absolute Gasteiger partial charge is 0.143 e. The SMILES string of the molecule is c1ccc(-c2ccc(-c3ccc(N(c4ccc(-c5ccc6ccc7ccccc7c6c5)cc4)c4ccc(-c5ccc6oc7c(-c8ccccc8)cccc7c6c5)cc4)cc3)cc2)cc1. The highest BCUT2D eigenvalue weighted by Crippen LogP contribution is 2.41. The first-order valence-corrected chi connectivity index (χ1v) is 21.9. The molecule has 2 nitrogen and oxygen atoms in total. The van der Waals surface area contributed by atoms with Gasteiger partial charge in [-0.05, 0) is 126 Å². The van der Waals surface area contributed by atoms with Crippen LogP contribution in [0.25, 0.3) is 99.1 Å². The molecule has 300 valence electrons. The van der Waals surface area contributed by atoms with Crippen molar-refractivity contribution >= 4 is 60.5 Å². The molecule has 1 heterocycles. The summed E-state index contributed by atoms with van der Waals surface area (Å²) in [6, 6.07) is 89.6. The molecule has 0 amide bonds. The van der Waals surface area contributed by atoms with Crippen LogP contribution in [0, 0.1) is 0 Å². The van der Waals surface area contributed by atoms with Crippen LogP contribution in [0.1, 0.15) is 0 Å². The van der Waals surface area contributed by atoms with Gasteiger partial charge in [0, 0.05) is 33.4 Å². The molecule has 0 radical (unpaired) electrons. The molecule has 11 aromatic carbocycles. The van der Waals surface area contributed by atoms with Gasteiger partial charge >= 0.3 is 0 Å². The molecule has 0 saturated heterocycles. The molecule has 0 N–H and O–H groups in total. The third-order valence-corrected chi connectivity index (χ3v) is 12.7. The van der Waals surface area contributed by atoms with Crippen LogP contribution in [0.3, 0.4) is 0 Å². The second kappa shape index (κ2) is 15.8. The Hall–Kier alpha value is -8.46. The quantitative estimate of drug-likeness (QED) is 0.142. The van der Waals surface area contributed by atoms with Gasteiger partial charge in [0.15, 0.2) is 0 Å². The molecule has 0 aliphatic heterocycles. The predicted octanol–water partition coefficient (Wildman–Crippen LogP) is 17.7. The Kier molecular flexibility index (Phi) is 9.20. The summed E-state index contributed by atoms with van der Waals surface area (Å²) in [7, 11) is 0. The lowest BCUT2D eigenvalue weighted by molar-refractivity contribution is 0.670. The van der Waals surface area contributed by atoms with E-state index >= 15 is 0 Å². The molecule has 0 unspecified atom stereocenters. The van der Waals surface area contributed by atoms with Crippen LogP contribution in [0.15, 0.2) is 253 Å². The molecule has 0 atom stereocenters. The number of para-hydroxylation sites is 1. The first-order chi connectivity index (χ1) is 31.7. The van der Waals surface area contributed by atoms with Crippen molar-refractivity contribution in [3.63, 3.8) is 0 Å². The molecule has 0 fully saturated rings. The topological polar surface area (TPSA) is 16.4 Å². The Morgan fingerprint density at radius 1 is 0.250 bits per heavy atom. The lowest BCUT2D eigenvalue weighted by atomic mass is 9.97. The number of benzene rings is 11. The van der Waals surface area contributed by atoms with Crippen molar-refractivity contribution in [3.8, 4) is 55.6 Å². The number of rotatable bonds is 8. The van der Waals surface area contributed by atoms with Gasteiger partial charge in [-0.25, -0.2) is 0 Å². The second-order valence-electron chi connectivity index (χ2n) is 16.5. The highest BCUT2D eigenvalue weighted by atomic mass is 16.3. The Balaban J connectivity index is 0.898. The minimum Gasteiger partial charge on any atom is -0.455 e. The molecule has 0 aliphatic rings. The van der Waals surface area contributed by atoms with E-state index in [0.29, 0.717) is 0 Å². The molecule has 12 rings (SSSR count). The van der Waals surface area contributed by atoms with Crippen LogP contribution in [0.4, 0.5) is 17.1 Å². The molecule has 0 aliphatic carbocycles. The second-order valence-corrected chi connectivity index (χ2v) is 16.5. The first-order valence-electron chi connectivity index (χ1n) is 21.9. The van der Waals surface area contributed by atoms with E-state index in [4.69, 9.17) is 4.42 Å².